The number of fused-ring (bicyclic) bond motifs is 1. The quantitative estimate of drug-likeness (QED) is 0.803. The number of amides is 1. The lowest BCUT2D eigenvalue weighted by atomic mass is 9.86. The number of esters is 1. The first-order valence-electron chi connectivity index (χ1n) is 7.95. The van der Waals surface area contributed by atoms with Gasteiger partial charge in [-0.3, -0.25) is 9.69 Å². The van der Waals surface area contributed by atoms with Gasteiger partial charge in [0.2, 0.25) is 5.91 Å². The van der Waals surface area contributed by atoms with Gasteiger partial charge in [-0.1, -0.05) is 27.2 Å². The van der Waals surface area contributed by atoms with Crippen molar-refractivity contribution in [1.82, 2.24) is 10.2 Å². The molecule has 2 aliphatic rings. The number of nitrogens with zero attached hydrogens (tertiary/aromatic N) is 1. The zero-order valence-corrected chi connectivity index (χ0v) is 13.6. The first-order chi connectivity index (χ1) is 9.82. The fourth-order valence-corrected chi connectivity index (χ4v) is 3.45. The van der Waals surface area contributed by atoms with Crippen molar-refractivity contribution >= 4 is 11.9 Å². The standard InChI is InChI=1S/C16H28N2O3/c1-16(2,3)13(15(20)21-4)17-14(19)11-9-12-7-5-6-8-18(12)10-11/h11-13H,5-10H2,1-4H3,(H,17,19)/t11?,12?,13-/m1/s1. The van der Waals surface area contributed by atoms with E-state index in [4.69, 9.17) is 4.74 Å². The van der Waals surface area contributed by atoms with E-state index in [1.54, 1.807) is 0 Å². The van der Waals surface area contributed by atoms with Crippen molar-refractivity contribution in [3.63, 3.8) is 0 Å². The number of hydrogen-bond acceptors (Lipinski definition) is 4. The summed E-state index contributed by atoms with van der Waals surface area (Å²) in [6.45, 7) is 7.75. The van der Waals surface area contributed by atoms with E-state index in [-0.39, 0.29) is 23.2 Å². The lowest BCUT2D eigenvalue weighted by molar-refractivity contribution is -0.148. The van der Waals surface area contributed by atoms with E-state index in [0.29, 0.717) is 6.04 Å². The molecule has 5 nitrogen and oxygen atoms in total. The van der Waals surface area contributed by atoms with Crippen molar-refractivity contribution in [2.75, 3.05) is 20.2 Å². The Hall–Kier alpha value is -1.10. The average Bonchev–Trinajstić information content (AvgIpc) is 2.86. The van der Waals surface area contributed by atoms with Crippen LogP contribution in [0.3, 0.4) is 0 Å². The molecule has 1 N–H and O–H groups in total. The van der Waals surface area contributed by atoms with E-state index >= 15 is 0 Å². The van der Waals surface area contributed by atoms with Gasteiger partial charge in [-0.2, -0.15) is 0 Å². The lowest BCUT2D eigenvalue weighted by Crippen LogP contribution is -2.51. The predicted octanol–water partition coefficient (Wildman–Crippen LogP) is 1.56. The summed E-state index contributed by atoms with van der Waals surface area (Å²) in [5, 5.41) is 2.92. The Morgan fingerprint density at radius 1 is 1.29 bits per heavy atom. The second-order valence-corrected chi connectivity index (χ2v) is 7.41. The predicted molar refractivity (Wildman–Crippen MR) is 80.7 cm³/mol. The fourth-order valence-electron chi connectivity index (χ4n) is 3.45. The molecule has 2 unspecified atom stereocenters. The number of piperidine rings is 1. The molecule has 1 amide bonds. The Morgan fingerprint density at radius 2 is 2.00 bits per heavy atom. The first kappa shape index (κ1) is 16.3. The van der Waals surface area contributed by atoms with Crippen LogP contribution >= 0.6 is 0 Å². The van der Waals surface area contributed by atoms with Crippen LogP contribution in [-0.4, -0.2) is 49.1 Å². The molecule has 0 spiro atoms. The molecule has 21 heavy (non-hydrogen) atoms. The molecule has 2 fully saturated rings. The highest BCUT2D eigenvalue weighted by molar-refractivity contribution is 5.86. The highest BCUT2D eigenvalue weighted by Crippen LogP contribution is 2.31. The smallest absolute Gasteiger partial charge is 0.328 e. The van der Waals surface area contributed by atoms with Gasteiger partial charge in [0.1, 0.15) is 6.04 Å². The Morgan fingerprint density at radius 3 is 2.57 bits per heavy atom. The molecule has 2 saturated heterocycles. The molecule has 0 saturated carbocycles. The molecular formula is C16H28N2O3. The van der Waals surface area contributed by atoms with Crippen molar-refractivity contribution in [3.8, 4) is 0 Å². The Kier molecular flexibility index (Phi) is 4.91. The van der Waals surface area contributed by atoms with Gasteiger partial charge in [-0.15, -0.1) is 0 Å². The van der Waals surface area contributed by atoms with Crippen molar-refractivity contribution < 1.29 is 14.3 Å². The van der Waals surface area contributed by atoms with Gasteiger partial charge in [0.25, 0.3) is 0 Å². The molecule has 0 aromatic heterocycles. The SMILES string of the molecule is COC(=O)[C@@H](NC(=O)C1CC2CCCCN2C1)C(C)(C)C. The summed E-state index contributed by atoms with van der Waals surface area (Å²) in [7, 11) is 1.36. The van der Waals surface area contributed by atoms with Gasteiger partial charge in [0, 0.05) is 12.6 Å². The highest BCUT2D eigenvalue weighted by atomic mass is 16.5. The number of methoxy groups -OCH3 is 1. The van der Waals surface area contributed by atoms with Crippen LogP contribution in [0.4, 0.5) is 0 Å². The maximum atomic E-state index is 12.5. The number of hydrogen-bond donors (Lipinski definition) is 1. The van der Waals surface area contributed by atoms with E-state index in [1.165, 1.54) is 26.4 Å². The molecule has 0 radical (unpaired) electrons. The van der Waals surface area contributed by atoms with Gasteiger partial charge in [-0.25, -0.2) is 4.79 Å². The molecule has 5 heteroatoms. The van der Waals surface area contributed by atoms with Crippen LogP contribution in [0.25, 0.3) is 0 Å². The molecule has 0 aromatic carbocycles. The van der Waals surface area contributed by atoms with E-state index in [9.17, 15) is 9.59 Å². The monoisotopic (exact) mass is 296 g/mol. The third kappa shape index (κ3) is 3.76. The van der Waals surface area contributed by atoms with Crippen LogP contribution in [0.15, 0.2) is 0 Å². The summed E-state index contributed by atoms with van der Waals surface area (Å²) in [5.74, 6) is -0.371. The molecule has 0 aromatic rings. The fraction of sp³-hybridized carbons (Fsp3) is 0.875. The minimum atomic E-state index is -0.590. The van der Waals surface area contributed by atoms with Gasteiger partial charge < -0.3 is 10.1 Å². The number of carbonyl (C=O) groups excluding carboxylic acids is 2. The minimum absolute atomic E-state index is 0.00241. The number of rotatable bonds is 3. The molecule has 0 aliphatic carbocycles. The van der Waals surface area contributed by atoms with Crippen LogP contribution < -0.4 is 5.32 Å². The molecule has 2 heterocycles. The van der Waals surface area contributed by atoms with E-state index in [1.807, 2.05) is 20.8 Å². The maximum absolute atomic E-state index is 12.5. The normalized spacial score (nSPS) is 27.8. The Balaban J connectivity index is 1.98. The zero-order chi connectivity index (χ0) is 15.6. The molecule has 120 valence electrons. The summed E-state index contributed by atoms with van der Waals surface area (Å²) in [4.78, 5) is 26.9. The number of carbonyl (C=O) groups is 2. The maximum Gasteiger partial charge on any atom is 0.328 e. The van der Waals surface area contributed by atoms with Crippen LogP contribution in [-0.2, 0) is 14.3 Å². The van der Waals surface area contributed by atoms with Gasteiger partial charge in [-0.05, 0) is 31.2 Å². The Labute approximate surface area is 127 Å². The summed E-state index contributed by atoms with van der Waals surface area (Å²) < 4.78 is 4.83. The third-order valence-electron chi connectivity index (χ3n) is 4.72. The van der Waals surface area contributed by atoms with Crippen LogP contribution in [0.1, 0.15) is 46.5 Å². The van der Waals surface area contributed by atoms with Crippen LogP contribution in [0, 0.1) is 11.3 Å². The molecule has 2 aliphatic heterocycles. The highest BCUT2D eigenvalue weighted by Gasteiger charge is 2.40. The molecule has 0 bridgehead atoms. The molecule has 2 rings (SSSR count). The van der Waals surface area contributed by atoms with Crippen molar-refractivity contribution in [3.05, 3.63) is 0 Å². The van der Waals surface area contributed by atoms with Crippen molar-refractivity contribution in [1.29, 1.82) is 0 Å². The number of ether oxygens (including phenoxy) is 1. The summed E-state index contributed by atoms with van der Waals surface area (Å²) in [6, 6.07) is -0.0339. The van der Waals surface area contributed by atoms with E-state index in [0.717, 1.165) is 19.5 Å². The van der Waals surface area contributed by atoms with Gasteiger partial charge >= 0.3 is 5.97 Å². The summed E-state index contributed by atoms with van der Waals surface area (Å²) in [5.41, 5.74) is -0.353. The molecular weight excluding hydrogens is 268 g/mol. The molecule has 3 atom stereocenters. The Bertz CT molecular complexity index is 389. The summed E-state index contributed by atoms with van der Waals surface area (Å²) in [6.07, 6.45) is 4.62. The third-order valence-corrected chi connectivity index (χ3v) is 4.72. The minimum Gasteiger partial charge on any atom is -0.467 e. The van der Waals surface area contributed by atoms with Crippen molar-refractivity contribution in [2.24, 2.45) is 11.3 Å². The zero-order valence-electron chi connectivity index (χ0n) is 13.6. The van der Waals surface area contributed by atoms with Gasteiger partial charge in [0.15, 0.2) is 0 Å². The van der Waals surface area contributed by atoms with E-state index in [2.05, 4.69) is 10.2 Å². The number of nitrogens with one attached hydrogen (secondary N) is 1. The second kappa shape index (κ2) is 6.34. The van der Waals surface area contributed by atoms with E-state index < -0.39 is 6.04 Å². The largest absolute Gasteiger partial charge is 0.467 e. The topological polar surface area (TPSA) is 58.6 Å². The first-order valence-corrected chi connectivity index (χ1v) is 7.95. The van der Waals surface area contributed by atoms with Crippen LogP contribution in [0.5, 0.6) is 0 Å². The summed E-state index contributed by atoms with van der Waals surface area (Å²) >= 11 is 0. The van der Waals surface area contributed by atoms with Gasteiger partial charge in [0.05, 0.1) is 13.0 Å². The average molecular weight is 296 g/mol. The second-order valence-electron chi connectivity index (χ2n) is 7.41. The lowest BCUT2D eigenvalue weighted by Gasteiger charge is -2.30. The van der Waals surface area contributed by atoms with Crippen LogP contribution in [0.2, 0.25) is 0 Å². The van der Waals surface area contributed by atoms with Crippen molar-refractivity contribution in [2.45, 2.75) is 58.5 Å².